The van der Waals surface area contributed by atoms with Gasteiger partial charge in [0.15, 0.2) is 17.4 Å². The fraction of sp³-hybridized carbons (Fsp3) is 0.333. The summed E-state index contributed by atoms with van der Waals surface area (Å²) in [5, 5.41) is 10.6. The van der Waals surface area contributed by atoms with Crippen molar-refractivity contribution in [2.75, 3.05) is 0 Å². The molecular weight excluding hydrogens is 203 g/mol. The van der Waals surface area contributed by atoms with Crippen LogP contribution in [0.25, 0.3) is 0 Å². The van der Waals surface area contributed by atoms with Crippen LogP contribution in [0.1, 0.15) is 17.3 Å². The molecule has 1 heterocycles. The first-order valence-corrected chi connectivity index (χ1v) is 3.38. The number of amidine groups is 1. The van der Waals surface area contributed by atoms with E-state index in [9.17, 15) is 13.2 Å². The lowest BCUT2D eigenvalue weighted by molar-refractivity contribution is -0.153. The highest BCUT2D eigenvalue weighted by atomic mass is 19.4. The van der Waals surface area contributed by atoms with Crippen LogP contribution in [0.2, 0.25) is 0 Å². The van der Waals surface area contributed by atoms with Gasteiger partial charge in [-0.3, -0.25) is 0 Å². The summed E-state index contributed by atoms with van der Waals surface area (Å²) in [4.78, 5) is 3.35. The topological polar surface area (TPSA) is 84.6 Å². The number of hydrogen-bond donors (Lipinski definition) is 2. The van der Waals surface area contributed by atoms with Gasteiger partial charge in [0.1, 0.15) is 0 Å². The molecule has 0 bridgehead atoms. The highest BCUT2D eigenvalue weighted by Crippen LogP contribution is 2.32. The maximum Gasteiger partial charge on any atom is 0.452 e. The van der Waals surface area contributed by atoms with Crippen molar-refractivity contribution >= 4 is 5.84 Å². The minimum Gasteiger partial charge on any atom is -0.436 e. The Morgan fingerprint density at radius 1 is 1.57 bits per heavy atom. The van der Waals surface area contributed by atoms with E-state index in [-0.39, 0.29) is 5.89 Å². The van der Waals surface area contributed by atoms with E-state index in [0.29, 0.717) is 0 Å². The molecule has 0 spiro atoms. The molecule has 3 N–H and O–H groups in total. The molecule has 0 fully saturated rings. The van der Waals surface area contributed by atoms with Gasteiger partial charge in [-0.15, -0.1) is 0 Å². The summed E-state index contributed by atoms with van der Waals surface area (Å²) in [6, 6.07) is 0. The molecule has 0 aliphatic carbocycles. The van der Waals surface area contributed by atoms with Gasteiger partial charge >= 0.3 is 6.18 Å². The molecule has 5 nitrogen and oxygen atoms in total. The van der Waals surface area contributed by atoms with Crippen molar-refractivity contribution in [2.45, 2.75) is 13.1 Å². The van der Waals surface area contributed by atoms with Gasteiger partial charge in [-0.2, -0.15) is 13.2 Å². The molecule has 0 amide bonds. The van der Waals surface area contributed by atoms with Crippen molar-refractivity contribution in [2.24, 2.45) is 10.9 Å². The number of halogens is 3. The Balaban J connectivity index is 3.30. The summed E-state index contributed by atoms with van der Waals surface area (Å²) < 4.78 is 41.0. The number of hydrogen-bond acceptors (Lipinski definition) is 4. The van der Waals surface area contributed by atoms with Crippen LogP contribution in [-0.4, -0.2) is 16.0 Å². The van der Waals surface area contributed by atoms with Crippen molar-refractivity contribution in [3.8, 4) is 0 Å². The lowest BCUT2D eigenvalue weighted by atomic mass is 10.3. The third-order valence-corrected chi connectivity index (χ3v) is 1.34. The number of oxazole rings is 1. The van der Waals surface area contributed by atoms with Crippen molar-refractivity contribution in [3.63, 3.8) is 0 Å². The van der Waals surface area contributed by atoms with Crippen LogP contribution in [0.4, 0.5) is 13.2 Å². The SMILES string of the molecule is Cc1nc(/C(N)=N/O)c(C(F)(F)F)o1. The number of aromatic nitrogens is 1. The Labute approximate surface area is 76.0 Å². The Morgan fingerprint density at radius 3 is 2.57 bits per heavy atom. The summed E-state index contributed by atoms with van der Waals surface area (Å²) in [7, 11) is 0. The molecule has 0 radical (unpaired) electrons. The molecule has 1 aromatic rings. The van der Waals surface area contributed by atoms with Gasteiger partial charge in [-0.05, 0) is 0 Å². The molecule has 14 heavy (non-hydrogen) atoms. The lowest BCUT2D eigenvalue weighted by Crippen LogP contribution is -2.19. The molecule has 0 aromatic carbocycles. The third kappa shape index (κ3) is 1.78. The number of oxime groups is 1. The zero-order valence-electron chi connectivity index (χ0n) is 6.96. The molecule has 78 valence electrons. The van der Waals surface area contributed by atoms with E-state index < -0.39 is 23.5 Å². The largest absolute Gasteiger partial charge is 0.452 e. The van der Waals surface area contributed by atoms with E-state index in [2.05, 4.69) is 14.6 Å². The van der Waals surface area contributed by atoms with Gasteiger partial charge in [0.05, 0.1) is 0 Å². The third-order valence-electron chi connectivity index (χ3n) is 1.34. The van der Waals surface area contributed by atoms with Gasteiger partial charge in [0.2, 0.25) is 5.76 Å². The molecule has 0 unspecified atom stereocenters. The maximum atomic E-state index is 12.2. The van der Waals surface area contributed by atoms with E-state index in [1.165, 1.54) is 6.92 Å². The molecule has 0 aliphatic heterocycles. The van der Waals surface area contributed by atoms with E-state index in [1.807, 2.05) is 0 Å². The van der Waals surface area contributed by atoms with Gasteiger partial charge in [0, 0.05) is 6.92 Å². The number of aryl methyl sites for hydroxylation is 1. The molecule has 1 aromatic heterocycles. The molecule has 1 rings (SSSR count). The minimum absolute atomic E-state index is 0.209. The predicted octanol–water partition coefficient (Wildman–Crippen LogP) is 1.10. The first-order chi connectivity index (χ1) is 6.36. The fourth-order valence-electron chi connectivity index (χ4n) is 0.840. The Morgan fingerprint density at radius 2 is 2.14 bits per heavy atom. The van der Waals surface area contributed by atoms with Crippen molar-refractivity contribution in [3.05, 3.63) is 17.3 Å². The number of alkyl halides is 3. The zero-order chi connectivity index (χ0) is 10.9. The average Bonchev–Trinajstić information content (AvgIpc) is 2.45. The first kappa shape index (κ1) is 10.4. The second-order valence-electron chi connectivity index (χ2n) is 2.39. The van der Waals surface area contributed by atoms with Crippen molar-refractivity contribution in [1.82, 2.24) is 4.98 Å². The van der Waals surface area contributed by atoms with Gasteiger partial charge < -0.3 is 15.4 Å². The van der Waals surface area contributed by atoms with E-state index in [1.54, 1.807) is 0 Å². The highest BCUT2D eigenvalue weighted by molar-refractivity contribution is 5.96. The van der Waals surface area contributed by atoms with E-state index >= 15 is 0 Å². The molecular formula is C6H6F3N3O2. The van der Waals surface area contributed by atoms with Gasteiger partial charge in [-0.1, -0.05) is 5.16 Å². The summed E-state index contributed by atoms with van der Waals surface area (Å²) in [6.07, 6.45) is -4.72. The van der Waals surface area contributed by atoms with Crippen LogP contribution >= 0.6 is 0 Å². The normalized spacial score (nSPS) is 13.3. The quantitative estimate of drug-likeness (QED) is 0.314. The number of nitrogens with two attached hydrogens (primary N) is 1. The average molecular weight is 209 g/mol. The van der Waals surface area contributed by atoms with E-state index in [4.69, 9.17) is 10.9 Å². The lowest BCUT2D eigenvalue weighted by Gasteiger charge is -2.02. The van der Waals surface area contributed by atoms with Crippen LogP contribution in [-0.2, 0) is 6.18 Å². The minimum atomic E-state index is -4.72. The Kier molecular flexibility index (Phi) is 2.37. The second kappa shape index (κ2) is 3.20. The summed E-state index contributed by atoms with van der Waals surface area (Å²) in [6.45, 7) is 1.23. The second-order valence-corrected chi connectivity index (χ2v) is 2.39. The summed E-state index contributed by atoms with van der Waals surface area (Å²) in [5.74, 6) is -2.32. The highest BCUT2D eigenvalue weighted by Gasteiger charge is 2.40. The van der Waals surface area contributed by atoms with Crippen LogP contribution in [0.5, 0.6) is 0 Å². The number of rotatable bonds is 1. The van der Waals surface area contributed by atoms with Gasteiger partial charge in [-0.25, -0.2) is 4.98 Å². The zero-order valence-corrected chi connectivity index (χ0v) is 6.96. The van der Waals surface area contributed by atoms with Crippen molar-refractivity contribution < 1.29 is 22.8 Å². The summed E-state index contributed by atoms with van der Waals surface area (Å²) in [5.41, 5.74) is 4.27. The van der Waals surface area contributed by atoms with Crippen LogP contribution < -0.4 is 5.73 Å². The standard InChI is InChI=1S/C6H6F3N3O2/c1-2-11-3(5(10)12-13)4(14-2)6(7,8)9/h13H,1H3,(H2,10,12). The smallest absolute Gasteiger partial charge is 0.436 e. The molecule has 8 heteroatoms. The predicted molar refractivity (Wildman–Crippen MR) is 38.8 cm³/mol. The monoisotopic (exact) mass is 209 g/mol. The van der Waals surface area contributed by atoms with Crippen molar-refractivity contribution in [1.29, 1.82) is 0 Å². The maximum absolute atomic E-state index is 12.2. The molecule has 0 aliphatic rings. The molecule has 0 atom stereocenters. The Bertz CT molecular complexity index is 369. The van der Waals surface area contributed by atoms with Crippen LogP contribution in [0.15, 0.2) is 9.57 Å². The van der Waals surface area contributed by atoms with Crippen LogP contribution in [0.3, 0.4) is 0 Å². The number of nitrogens with zero attached hydrogens (tertiary/aromatic N) is 2. The first-order valence-electron chi connectivity index (χ1n) is 3.38. The van der Waals surface area contributed by atoms with E-state index in [0.717, 1.165) is 0 Å². The fourth-order valence-corrected chi connectivity index (χ4v) is 0.840. The molecule has 0 saturated heterocycles. The van der Waals surface area contributed by atoms with Crippen LogP contribution in [0, 0.1) is 6.92 Å². The molecule has 0 saturated carbocycles. The van der Waals surface area contributed by atoms with Gasteiger partial charge in [0.25, 0.3) is 0 Å². The summed E-state index contributed by atoms with van der Waals surface area (Å²) >= 11 is 0. The Hall–Kier alpha value is -1.73.